The minimum atomic E-state index is -0.319. The number of rotatable bonds is 5. The molecule has 134 valence electrons. The molecule has 2 aromatic carbocycles. The Hall–Kier alpha value is -3.08. The largest absolute Gasteiger partial charge is 0.378 e. The number of benzene rings is 2. The number of aromatic nitrogens is 2. The van der Waals surface area contributed by atoms with E-state index in [9.17, 15) is 4.79 Å². The molecular formula is C21H24N4O. The van der Waals surface area contributed by atoms with E-state index in [0.29, 0.717) is 5.56 Å². The normalized spacial score (nSPS) is 11.8. The van der Waals surface area contributed by atoms with Gasteiger partial charge in [0.2, 0.25) is 0 Å². The van der Waals surface area contributed by atoms with Gasteiger partial charge in [-0.05, 0) is 36.8 Å². The summed E-state index contributed by atoms with van der Waals surface area (Å²) in [6, 6.07) is 15.4. The molecule has 5 nitrogen and oxygen atoms in total. The van der Waals surface area contributed by atoms with E-state index in [2.05, 4.69) is 10.3 Å². The number of anilines is 1. The van der Waals surface area contributed by atoms with Crippen molar-refractivity contribution >= 4 is 11.6 Å². The summed E-state index contributed by atoms with van der Waals surface area (Å²) in [6.07, 6.45) is 3.63. The first-order valence-electron chi connectivity index (χ1n) is 8.58. The summed E-state index contributed by atoms with van der Waals surface area (Å²) in [7, 11) is 5.94. The molecule has 1 heterocycles. The Kier molecular flexibility index (Phi) is 5.07. The molecule has 1 aromatic heterocycles. The average molecular weight is 348 g/mol. The molecule has 1 atom stereocenters. The first kappa shape index (κ1) is 17.7. The lowest BCUT2D eigenvalue weighted by molar-refractivity contribution is 0.0941. The quantitative estimate of drug-likeness (QED) is 0.769. The lowest BCUT2D eigenvalue weighted by Gasteiger charge is -2.20. The molecule has 1 N–H and O–H groups in total. The van der Waals surface area contributed by atoms with Crippen LogP contribution in [-0.2, 0) is 7.05 Å². The molecule has 26 heavy (non-hydrogen) atoms. The maximum absolute atomic E-state index is 12.8. The third-order valence-corrected chi connectivity index (χ3v) is 4.45. The first-order valence-corrected chi connectivity index (χ1v) is 8.58. The van der Waals surface area contributed by atoms with E-state index in [4.69, 9.17) is 0 Å². The molecule has 0 fully saturated rings. The van der Waals surface area contributed by atoms with Gasteiger partial charge in [-0.1, -0.05) is 29.8 Å². The van der Waals surface area contributed by atoms with Crippen LogP contribution in [0.2, 0.25) is 0 Å². The molecule has 0 spiro atoms. The highest BCUT2D eigenvalue weighted by atomic mass is 16.1. The zero-order chi connectivity index (χ0) is 18.7. The Morgan fingerprint density at radius 1 is 1.08 bits per heavy atom. The molecule has 5 heteroatoms. The van der Waals surface area contributed by atoms with Crippen LogP contribution in [0.1, 0.15) is 33.4 Å². The lowest BCUT2D eigenvalue weighted by Crippen LogP contribution is -2.31. The van der Waals surface area contributed by atoms with E-state index in [1.54, 1.807) is 6.20 Å². The van der Waals surface area contributed by atoms with Gasteiger partial charge in [0, 0.05) is 44.8 Å². The van der Waals surface area contributed by atoms with Crippen LogP contribution in [0.5, 0.6) is 0 Å². The van der Waals surface area contributed by atoms with Crippen LogP contribution < -0.4 is 10.2 Å². The summed E-state index contributed by atoms with van der Waals surface area (Å²) in [4.78, 5) is 19.3. The Morgan fingerprint density at radius 2 is 1.73 bits per heavy atom. The zero-order valence-corrected chi connectivity index (χ0v) is 15.6. The Balaban J connectivity index is 1.92. The summed E-state index contributed by atoms with van der Waals surface area (Å²) in [5.74, 6) is 0.678. The first-order chi connectivity index (χ1) is 12.5. The van der Waals surface area contributed by atoms with Crippen LogP contribution in [0.4, 0.5) is 5.69 Å². The second-order valence-electron chi connectivity index (χ2n) is 6.65. The van der Waals surface area contributed by atoms with Crippen molar-refractivity contribution in [3.8, 4) is 0 Å². The van der Waals surface area contributed by atoms with Gasteiger partial charge in [-0.3, -0.25) is 4.79 Å². The van der Waals surface area contributed by atoms with Crippen molar-refractivity contribution in [2.24, 2.45) is 7.05 Å². The van der Waals surface area contributed by atoms with Gasteiger partial charge in [0.1, 0.15) is 11.9 Å². The van der Waals surface area contributed by atoms with Gasteiger partial charge >= 0.3 is 0 Å². The van der Waals surface area contributed by atoms with Gasteiger partial charge in [-0.15, -0.1) is 0 Å². The fourth-order valence-electron chi connectivity index (χ4n) is 2.84. The highest BCUT2D eigenvalue weighted by Crippen LogP contribution is 2.23. The van der Waals surface area contributed by atoms with E-state index in [1.165, 1.54) is 0 Å². The maximum atomic E-state index is 12.8. The molecule has 3 aromatic rings. The van der Waals surface area contributed by atoms with E-state index in [1.807, 2.05) is 92.3 Å². The maximum Gasteiger partial charge on any atom is 0.252 e. The smallest absolute Gasteiger partial charge is 0.252 e. The van der Waals surface area contributed by atoms with Crippen LogP contribution in [0.15, 0.2) is 60.9 Å². The molecule has 0 aliphatic rings. The zero-order valence-electron chi connectivity index (χ0n) is 15.6. The number of aryl methyl sites for hydroxylation is 2. The minimum Gasteiger partial charge on any atom is -0.378 e. The molecule has 0 aliphatic carbocycles. The molecule has 1 amide bonds. The van der Waals surface area contributed by atoms with Crippen molar-refractivity contribution in [3.05, 3.63) is 83.4 Å². The van der Waals surface area contributed by atoms with Crippen molar-refractivity contribution in [1.29, 1.82) is 0 Å². The Labute approximate surface area is 154 Å². The number of amides is 1. The van der Waals surface area contributed by atoms with Crippen LogP contribution in [0.25, 0.3) is 0 Å². The molecular weight excluding hydrogens is 324 g/mol. The molecule has 1 unspecified atom stereocenters. The number of hydrogen-bond acceptors (Lipinski definition) is 3. The average Bonchev–Trinajstić information content (AvgIpc) is 3.06. The number of carbonyl (C=O) groups is 1. The van der Waals surface area contributed by atoms with Crippen molar-refractivity contribution in [1.82, 2.24) is 14.9 Å². The van der Waals surface area contributed by atoms with E-state index >= 15 is 0 Å². The Bertz CT molecular complexity index is 879. The third kappa shape index (κ3) is 3.77. The summed E-state index contributed by atoms with van der Waals surface area (Å²) in [6.45, 7) is 2.00. The molecule has 0 radical (unpaired) electrons. The van der Waals surface area contributed by atoms with Gasteiger partial charge in [-0.25, -0.2) is 4.98 Å². The summed E-state index contributed by atoms with van der Waals surface area (Å²) in [5, 5.41) is 3.13. The van der Waals surface area contributed by atoms with Gasteiger partial charge in [0.15, 0.2) is 0 Å². The number of hydrogen-bond donors (Lipinski definition) is 1. The number of nitrogens with one attached hydrogen (secondary N) is 1. The second kappa shape index (κ2) is 7.44. The summed E-state index contributed by atoms with van der Waals surface area (Å²) in [5.41, 5.74) is 3.86. The van der Waals surface area contributed by atoms with Crippen LogP contribution >= 0.6 is 0 Å². The highest BCUT2D eigenvalue weighted by Gasteiger charge is 2.21. The predicted octanol–water partition coefficient (Wildman–Crippen LogP) is 3.31. The van der Waals surface area contributed by atoms with E-state index < -0.39 is 0 Å². The molecule has 0 saturated carbocycles. The highest BCUT2D eigenvalue weighted by molar-refractivity contribution is 5.94. The summed E-state index contributed by atoms with van der Waals surface area (Å²) >= 11 is 0. The lowest BCUT2D eigenvalue weighted by atomic mass is 10.0. The molecule has 0 bridgehead atoms. The van der Waals surface area contributed by atoms with Crippen molar-refractivity contribution in [2.45, 2.75) is 13.0 Å². The number of carbonyl (C=O) groups excluding carboxylic acids is 1. The van der Waals surface area contributed by atoms with Gasteiger partial charge in [0.05, 0.1) is 0 Å². The fraction of sp³-hybridized carbons (Fsp3) is 0.238. The molecule has 0 aliphatic heterocycles. The summed E-state index contributed by atoms with van der Waals surface area (Å²) < 4.78 is 1.93. The second-order valence-corrected chi connectivity index (χ2v) is 6.65. The van der Waals surface area contributed by atoms with Crippen LogP contribution in [0.3, 0.4) is 0 Å². The van der Waals surface area contributed by atoms with E-state index in [0.717, 1.165) is 22.6 Å². The SMILES string of the molecule is Cc1ccc(C(=O)NC(c2ccc(N(C)C)cc2)c2nccn2C)cc1. The predicted molar refractivity (Wildman–Crippen MR) is 104 cm³/mol. The van der Waals surface area contributed by atoms with Gasteiger partial charge in [-0.2, -0.15) is 0 Å². The van der Waals surface area contributed by atoms with Gasteiger partial charge < -0.3 is 14.8 Å². The monoisotopic (exact) mass is 348 g/mol. The standard InChI is InChI=1S/C21H24N4O/c1-15-5-7-17(8-6-15)21(26)23-19(20-22-13-14-25(20)4)16-9-11-18(12-10-16)24(2)3/h5-14,19H,1-4H3,(H,23,26). The van der Waals surface area contributed by atoms with Crippen LogP contribution in [0, 0.1) is 6.92 Å². The van der Waals surface area contributed by atoms with Gasteiger partial charge in [0.25, 0.3) is 5.91 Å². The topological polar surface area (TPSA) is 50.2 Å². The van der Waals surface area contributed by atoms with E-state index in [-0.39, 0.29) is 11.9 Å². The van der Waals surface area contributed by atoms with Crippen LogP contribution in [-0.4, -0.2) is 29.6 Å². The van der Waals surface area contributed by atoms with Crippen molar-refractivity contribution < 1.29 is 4.79 Å². The molecule has 0 saturated heterocycles. The van der Waals surface area contributed by atoms with Crippen molar-refractivity contribution in [3.63, 3.8) is 0 Å². The third-order valence-electron chi connectivity index (χ3n) is 4.45. The fourth-order valence-corrected chi connectivity index (χ4v) is 2.84. The number of imidazole rings is 1. The number of nitrogens with zero attached hydrogens (tertiary/aromatic N) is 3. The minimum absolute atomic E-state index is 0.116. The van der Waals surface area contributed by atoms with Crippen molar-refractivity contribution in [2.75, 3.05) is 19.0 Å². The Morgan fingerprint density at radius 3 is 2.27 bits per heavy atom. The molecule has 3 rings (SSSR count).